The summed E-state index contributed by atoms with van der Waals surface area (Å²) in [6.45, 7) is 3.93. The number of methoxy groups -OCH3 is 1. The highest BCUT2D eigenvalue weighted by molar-refractivity contribution is 5.81. The predicted molar refractivity (Wildman–Crippen MR) is 110 cm³/mol. The lowest BCUT2D eigenvalue weighted by atomic mass is 10.2. The number of ether oxygens (including phenoxy) is 1. The molecule has 0 unspecified atom stereocenters. The number of aliphatic hydroxyl groups excluding tert-OH is 1. The van der Waals surface area contributed by atoms with Crippen LogP contribution in [0.15, 0.2) is 41.6 Å². The van der Waals surface area contributed by atoms with E-state index in [-0.39, 0.29) is 18.7 Å². The molecule has 0 atom stereocenters. The summed E-state index contributed by atoms with van der Waals surface area (Å²) in [5.41, 5.74) is 1.59. The maximum absolute atomic E-state index is 12.5. The van der Waals surface area contributed by atoms with Crippen molar-refractivity contribution < 1.29 is 9.84 Å². The summed E-state index contributed by atoms with van der Waals surface area (Å²) in [6, 6.07) is 7.66. The predicted octanol–water partition coefficient (Wildman–Crippen LogP) is 0.652. The van der Waals surface area contributed by atoms with Gasteiger partial charge >= 0.3 is 0 Å². The Morgan fingerprint density at radius 2 is 1.90 bits per heavy atom. The van der Waals surface area contributed by atoms with Crippen molar-refractivity contribution >= 4 is 22.4 Å². The Bertz CT molecular complexity index is 1050. The molecule has 1 aromatic carbocycles. The van der Waals surface area contributed by atoms with Gasteiger partial charge in [0.2, 0.25) is 0 Å². The third-order valence-electron chi connectivity index (χ3n) is 5.08. The first-order valence-corrected chi connectivity index (χ1v) is 9.60. The minimum Gasteiger partial charge on any atom is -0.395 e. The number of hydrogen-bond donors (Lipinski definition) is 1. The van der Waals surface area contributed by atoms with Crippen LogP contribution in [0.3, 0.4) is 0 Å². The molecule has 3 aromatic rings. The molecule has 0 spiro atoms. The molecule has 1 fully saturated rings. The van der Waals surface area contributed by atoms with E-state index in [0.29, 0.717) is 23.3 Å². The Balaban J connectivity index is 1.48. The standard InChI is InChI=1S/C20H24N6O3/c1-29-13-18-21-5-4-19(23-18)25-8-6-24(7-9-25)15-2-3-16-17(12-15)22-14-26(10-11-27)20(16)28/h2-5,12,14,27H,6-11,13H2,1H3. The van der Waals surface area contributed by atoms with E-state index in [1.54, 1.807) is 13.3 Å². The van der Waals surface area contributed by atoms with Crippen molar-refractivity contribution in [2.75, 3.05) is 49.7 Å². The van der Waals surface area contributed by atoms with Crippen molar-refractivity contribution in [1.29, 1.82) is 0 Å². The zero-order chi connectivity index (χ0) is 20.2. The van der Waals surface area contributed by atoms with Crippen molar-refractivity contribution in [3.8, 4) is 0 Å². The first kappa shape index (κ1) is 19.3. The highest BCUT2D eigenvalue weighted by Gasteiger charge is 2.19. The van der Waals surface area contributed by atoms with Gasteiger partial charge in [-0.2, -0.15) is 0 Å². The van der Waals surface area contributed by atoms with Gasteiger partial charge in [-0.1, -0.05) is 0 Å². The molecule has 4 rings (SSSR count). The van der Waals surface area contributed by atoms with Crippen LogP contribution in [0.5, 0.6) is 0 Å². The lowest BCUT2D eigenvalue weighted by Gasteiger charge is -2.36. The van der Waals surface area contributed by atoms with E-state index < -0.39 is 0 Å². The third-order valence-corrected chi connectivity index (χ3v) is 5.08. The highest BCUT2D eigenvalue weighted by Crippen LogP contribution is 2.22. The van der Waals surface area contributed by atoms with Crippen LogP contribution < -0.4 is 15.4 Å². The van der Waals surface area contributed by atoms with E-state index in [1.807, 2.05) is 24.3 Å². The number of nitrogens with zero attached hydrogens (tertiary/aromatic N) is 6. The molecule has 2 aromatic heterocycles. The number of anilines is 2. The molecule has 0 bridgehead atoms. The van der Waals surface area contributed by atoms with Crippen LogP contribution in [0.25, 0.3) is 10.9 Å². The number of benzene rings is 1. The summed E-state index contributed by atoms with van der Waals surface area (Å²) in [5.74, 6) is 1.59. The summed E-state index contributed by atoms with van der Waals surface area (Å²) in [5, 5.41) is 9.63. The van der Waals surface area contributed by atoms with Gasteiger partial charge in [-0.15, -0.1) is 0 Å². The molecule has 1 aliphatic heterocycles. The lowest BCUT2D eigenvalue weighted by Crippen LogP contribution is -2.47. The van der Waals surface area contributed by atoms with Crippen molar-refractivity contribution in [2.24, 2.45) is 0 Å². The molecule has 1 N–H and O–H groups in total. The Morgan fingerprint density at radius 3 is 2.66 bits per heavy atom. The van der Waals surface area contributed by atoms with Crippen LogP contribution in [-0.2, 0) is 17.9 Å². The van der Waals surface area contributed by atoms with Gasteiger partial charge in [0.15, 0.2) is 5.82 Å². The first-order chi connectivity index (χ1) is 14.2. The zero-order valence-electron chi connectivity index (χ0n) is 16.4. The maximum Gasteiger partial charge on any atom is 0.261 e. The number of rotatable bonds is 6. The molecule has 3 heterocycles. The second-order valence-corrected chi connectivity index (χ2v) is 6.91. The van der Waals surface area contributed by atoms with E-state index >= 15 is 0 Å². The largest absolute Gasteiger partial charge is 0.395 e. The minimum absolute atomic E-state index is 0.0885. The molecule has 1 saturated heterocycles. The Morgan fingerprint density at radius 1 is 1.10 bits per heavy atom. The normalized spacial score (nSPS) is 14.6. The summed E-state index contributed by atoms with van der Waals surface area (Å²) >= 11 is 0. The Hall–Kier alpha value is -3.04. The van der Waals surface area contributed by atoms with Crippen molar-refractivity contribution in [3.63, 3.8) is 0 Å². The van der Waals surface area contributed by atoms with E-state index in [9.17, 15) is 4.79 Å². The topological polar surface area (TPSA) is 96.6 Å². The number of aliphatic hydroxyl groups is 1. The van der Waals surface area contributed by atoms with E-state index in [0.717, 1.165) is 37.7 Å². The van der Waals surface area contributed by atoms with Crippen molar-refractivity contribution in [3.05, 3.63) is 53.0 Å². The fourth-order valence-electron chi connectivity index (χ4n) is 3.57. The molecule has 0 saturated carbocycles. The molecule has 0 radical (unpaired) electrons. The number of piperazine rings is 1. The van der Waals surface area contributed by atoms with Crippen molar-refractivity contribution in [1.82, 2.24) is 19.5 Å². The number of aromatic nitrogens is 4. The maximum atomic E-state index is 12.5. The van der Waals surface area contributed by atoms with Crippen LogP contribution in [0.2, 0.25) is 0 Å². The zero-order valence-corrected chi connectivity index (χ0v) is 16.4. The summed E-state index contributed by atoms with van der Waals surface area (Å²) in [6.07, 6.45) is 3.26. The highest BCUT2D eigenvalue weighted by atomic mass is 16.5. The van der Waals surface area contributed by atoms with Gasteiger partial charge in [0, 0.05) is 45.2 Å². The van der Waals surface area contributed by atoms with Crippen LogP contribution in [0, 0.1) is 0 Å². The smallest absolute Gasteiger partial charge is 0.261 e. The monoisotopic (exact) mass is 396 g/mol. The van der Waals surface area contributed by atoms with E-state index in [4.69, 9.17) is 9.84 Å². The molecule has 152 valence electrons. The molecule has 9 heteroatoms. The van der Waals surface area contributed by atoms with Crippen LogP contribution in [-0.4, -0.2) is 64.5 Å². The second kappa shape index (κ2) is 8.54. The minimum atomic E-state index is -0.129. The molecule has 0 aliphatic carbocycles. The van der Waals surface area contributed by atoms with Gasteiger partial charge < -0.3 is 19.6 Å². The van der Waals surface area contributed by atoms with Gasteiger partial charge in [-0.3, -0.25) is 9.36 Å². The molecule has 0 amide bonds. The van der Waals surface area contributed by atoms with E-state index in [1.165, 1.54) is 10.9 Å². The van der Waals surface area contributed by atoms with Gasteiger partial charge in [-0.05, 0) is 24.3 Å². The second-order valence-electron chi connectivity index (χ2n) is 6.91. The fraction of sp³-hybridized carbons (Fsp3) is 0.400. The van der Waals surface area contributed by atoms with Gasteiger partial charge in [-0.25, -0.2) is 15.0 Å². The fourth-order valence-corrected chi connectivity index (χ4v) is 3.57. The van der Waals surface area contributed by atoms with Crippen LogP contribution in [0.1, 0.15) is 5.82 Å². The Labute approximate surface area is 168 Å². The molecule has 9 nitrogen and oxygen atoms in total. The lowest BCUT2D eigenvalue weighted by molar-refractivity contribution is 0.178. The number of fused-ring (bicyclic) bond motifs is 1. The molecule has 1 aliphatic rings. The first-order valence-electron chi connectivity index (χ1n) is 9.60. The summed E-state index contributed by atoms with van der Waals surface area (Å²) in [7, 11) is 1.63. The summed E-state index contributed by atoms with van der Waals surface area (Å²) in [4.78, 5) is 30.2. The average Bonchev–Trinajstić information content (AvgIpc) is 2.76. The van der Waals surface area contributed by atoms with Crippen molar-refractivity contribution in [2.45, 2.75) is 13.2 Å². The number of hydrogen-bond acceptors (Lipinski definition) is 8. The van der Waals surface area contributed by atoms with Crippen LogP contribution in [0.4, 0.5) is 11.5 Å². The van der Waals surface area contributed by atoms with Gasteiger partial charge in [0.25, 0.3) is 5.56 Å². The Kier molecular flexibility index (Phi) is 5.68. The molecule has 29 heavy (non-hydrogen) atoms. The SMILES string of the molecule is COCc1nccc(N2CCN(c3ccc4c(=O)n(CCO)cnc4c3)CC2)n1. The quantitative estimate of drug-likeness (QED) is 0.649. The van der Waals surface area contributed by atoms with Gasteiger partial charge in [0.1, 0.15) is 12.4 Å². The van der Waals surface area contributed by atoms with Gasteiger partial charge in [0.05, 0.1) is 30.4 Å². The third kappa shape index (κ3) is 4.06. The molecular weight excluding hydrogens is 372 g/mol. The summed E-state index contributed by atoms with van der Waals surface area (Å²) < 4.78 is 6.55. The molecular formula is C20H24N6O3. The van der Waals surface area contributed by atoms with Crippen LogP contribution >= 0.6 is 0 Å². The van der Waals surface area contributed by atoms with E-state index in [2.05, 4.69) is 24.8 Å². The average molecular weight is 396 g/mol.